The maximum Gasteiger partial charge on any atom is 0.387 e. The van der Waals surface area contributed by atoms with Crippen LogP contribution in [0.1, 0.15) is 5.56 Å². The first kappa shape index (κ1) is 22.4. The first-order chi connectivity index (χ1) is 16.1. The van der Waals surface area contributed by atoms with Crippen LogP contribution in [0.4, 0.5) is 8.78 Å². The van der Waals surface area contributed by atoms with E-state index in [9.17, 15) is 13.6 Å². The number of rotatable bonds is 9. The van der Waals surface area contributed by atoms with Gasteiger partial charge in [0.05, 0.1) is 5.75 Å². The predicted molar refractivity (Wildman–Crippen MR) is 120 cm³/mol. The number of amides is 1. The Morgan fingerprint density at radius 1 is 1.03 bits per heavy atom. The number of pyridine rings is 1. The Balaban J connectivity index is 1.47. The first-order valence-corrected chi connectivity index (χ1v) is 10.9. The summed E-state index contributed by atoms with van der Waals surface area (Å²) in [6, 6.07) is 19.6. The highest BCUT2D eigenvalue weighted by Crippen LogP contribution is 2.27. The van der Waals surface area contributed by atoms with Gasteiger partial charge in [0.1, 0.15) is 5.75 Å². The zero-order valence-corrected chi connectivity index (χ0v) is 18.1. The minimum Gasteiger partial charge on any atom is -0.434 e. The van der Waals surface area contributed by atoms with Crippen LogP contribution in [0.3, 0.4) is 0 Å². The van der Waals surface area contributed by atoms with E-state index in [1.54, 1.807) is 30.6 Å². The van der Waals surface area contributed by atoms with Crippen LogP contribution < -0.4 is 10.1 Å². The lowest BCUT2D eigenvalue weighted by molar-refractivity contribution is -0.118. The molecule has 2 aromatic carbocycles. The van der Waals surface area contributed by atoms with Gasteiger partial charge in [-0.05, 0) is 30.3 Å². The molecule has 0 bridgehead atoms. The fraction of sp³-hybridized carbons (Fsp3) is 0.130. The number of nitrogens with one attached hydrogen (secondary N) is 1. The second-order valence-corrected chi connectivity index (χ2v) is 7.71. The summed E-state index contributed by atoms with van der Waals surface area (Å²) < 4.78 is 31.5. The van der Waals surface area contributed by atoms with Crippen molar-refractivity contribution in [2.75, 3.05) is 5.75 Å². The van der Waals surface area contributed by atoms with Crippen LogP contribution in [0.25, 0.3) is 17.1 Å². The highest BCUT2D eigenvalue weighted by atomic mass is 32.2. The van der Waals surface area contributed by atoms with Gasteiger partial charge in [-0.1, -0.05) is 48.2 Å². The zero-order valence-electron chi connectivity index (χ0n) is 17.3. The number of halogens is 2. The van der Waals surface area contributed by atoms with Gasteiger partial charge in [0, 0.05) is 35.8 Å². The molecule has 1 amide bonds. The summed E-state index contributed by atoms with van der Waals surface area (Å²) in [7, 11) is 0. The Labute approximate surface area is 192 Å². The standard InChI is InChI=1S/C23H19F2N5O2S/c24-22(25)32-19-11-5-4-7-16(19)14-27-20(31)15-33-23-29-28-21(17-8-6-12-26-13-17)30(23)18-9-2-1-3-10-18/h1-13,22H,14-15H2,(H,27,31). The number of para-hydroxylation sites is 2. The summed E-state index contributed by atoms with van der Waals surface area (Å²) in [6.07, 6.45) is 3.38. The van der Waals surface area contributed by atoms with Crippen LogP contribution in [0.15, 0.2) is 84.3 Å². The van der Waals surface area contributed by atoms with Gasteiger partial charge in [-0.25, -0.2) is 0 Å². The Morgan fingerprint density at radius 2 is 1.82 bits per heavy atom. The van der Waals surface area contributed by atoms with Crippen LogP contribution in [-0.4, -0.2) is 38.0 Å². The molecule has 0 unspecified atom stereocenters. The van der Waals surface area contributed by atoms with E-state index in [0.717, 1.165) is 11.3 Å². The Hall–Kier alpha value is -3.79. The molecule has 1 N–H and O–H groups in total. The summed E-state index contributed by atoms with van der Waals surface area (Å²) in [6.45, 7) is -2.87. The molecule has 0 atom stereocenters. The van der Waals surface area contributed by atoms with Crippen molar-refractivity contribution in [3.05, 3.63) is 84.7 Å². The lowest BCUT2D eigenvalue weighted by Gasteiger charge is -2.12. The molecule has 0 aliphatic heterocycles. The number of nitrogens with zero attached hydrogens (tertiary/aromatic N) is 4. The smallest absolute Gasteiger partial charge is 0.387 e. The second kappa shape index (κ2) is 10.7. The molecule has 168 valence electrons. The summed E-state index contributed by atoms with van der Waals surface area (Å²) in [5, 5.41) is 11.8. The highest BCUT2D eigenvalue weighted by Gasteiger charge is 2.17. The quantitative estimate of drug-likeness (QED) is 0.369. The number of carbonyl (C=O) groups excluding carboxylic acids is 1. The molecule has 4 aromatic rings. The van der Waals surface area contributed by atoms with Gasteiger partial charge in [0.25, 0.3) is 0 Å². The maximum absolute atomic E-state index is 12.6. The lowest BCUT2D eigenvalue weighted by atomic mass is 10.2. The molecule has 0 spiro atoms. The van der Waals surface area contributed by atoms with Gasteiger partial charge < -0.3 is 10.1 Å². The minimum absolute atomic E-state index is 0.0328. The Bertz CT molecular complexity index is 1210. The molecule has 0 saturated heterocycles. The third-order valence-electron chi connectivity index (χ3n) is 4.56. The number of ether oxygens (including phenoxy) is 1. The zero-order chi connectivity index (χ0) is 23.0. The van der Waals surface area contributed by atoms with E-state index in [4.69, 9.17) is 0 Å². The third-order valence-corrected chi connectivity index (χ3v) is 5.49. The van der Waals surface area contributed by atoms with Crippen molar-refractivity contribution >= 4 is 17.7 Å². The summed E-state index contributed by atoms with van der Waals surface area (Å²) >= 11 is 1.22. The number of hydrogen-bond acceptors (Lipinski definition) is 6. The van der Waals surface area contributed by atoms with Crippen molar-refractivity contribution in [3.8, 4) is 22.8 Å². The van der Waals surface area contributed by atoms with Crippen molar-refractivity contribution in [3.63, 3.8) is 0 Å². The predicted octanol–water partition coefficient (Wildman–Crippen LogP) is 4.34. The fourth-order valence-electron chi connectivity index (χ4n) is 3.09. The number of alkyl halides is 2. The SMILES string of the molecule is O=C(CSc1nnc(-c2cccnc2)n1-c1ccccc1)NCc1ccccc1OC(F)F. The molecule has 0 aliphatic rings. The van der Waals surface area contributed by atoms with Gasteiger partial charge >= 0.3 is 6.61 Å². The van der Waals surface area contributed by atoms with Crippen LogP contribution in [0.2, 0.25) is 0 Å². The van der Waals surface area contributed by atoms with Crippen molar-refractivity contribution < 1.29 is 18.3 Å². The van der Waals surface area contributed by atoms with Crippen LogP contribution >= 0.6 is 11.8 Å². The van der Waals surface area contributed by atoms with Gasteiger partial charge in [0.2, 0.25) is 5.91 Å². The van der Waals surface area contributed by atoms with Gasteiger partial charge in [0.15, 0.2) is 11.0 Å². The molecule has 10 heteroatoms. The van der Waals surface area contributed by atoms with Gasteiger partial charge in [-0.15, -0.1) is 10.2 Å². The van der Waals surface area contributed by atoms with Gasteiger partial charge in [-0.2, -0.15) is 8.78 Å². The number of carbonyl (C=O) groups is 1. The van der Waals surface area contributed by atoms with Crippen molar-refractivity contribution in [2.45, 2.75) is 18.3 Å². The molecule has 0 radical (unpaired) electrons. The summed E-state index contributed by atoms with van der Waals surface area (Å²) in [5.74, 6) is 0.425. The van der Waals surface area contributed by atoms with Crippen molar-refractivity contribution in [1.29, 1.82) is 0 Å². The molecule has 0 aliphatic carbocycles. The number of hydrogen-bond donors (Lipinski definition) is 1. The van der Waals surface area contributed by atoms with E-state index >= 15 is 0 Å². The van der Waals surface area contributed by atoms with Crippen molar-refractivity contribution in [2.24, 2.45) is 0 Å². The van der Waals surface area contributed by atoms with Crippen LogP contribution in [0, 0.1) is 0 Å². The number of aromatic nitrogens is 4. The molecule has 2 aromatic heterocycles. The third kappa shape index (κ3) is 5.72. The molecule has 7 nitrogen and oxygen atoms in total. The largest absolute Gasteiger partial charge is 0.434 e. The normalized spacial score (nSPS) is 10.9. The van der Waals surface area contributed by atoms with E-state index in [0.29, 0.717) is 16.5 Å². The van der Waals surface area contributed by atoms with E-state index in [2.05, 4.69) is 25.2 Å². The summed E-state index contributed by atoms with van der Waals surface area (Å²) in [5.41, 5.74) is 2.10. The number of thioether (sulfide) groups is 1. The number of benzene rings is 2. The molecular weight excluding hydrogens is 448 g/mol. The second-order valence-electron chi connectivity index (χ2n) is 6.77. The van der Waals surface area contributed by atoms with Crippen molar-refractivity contribution in [1.82, 2.24) is 25.1 Å². The Kier molecular flexibility index (Phi) is 7.26. The molecule has 33 heavy (non-hydrogen) atoms. The average Bonchev–Trinajstić information content (AvgIpc) is 3.27. The maximum atomic E-state index is 12.6. The summed E-state index contributed by atoms with van der Waals surface area (Å²) in [4.78, 5) is 16.6. The van der Waals surface area contributed by atoms with E-state index in [-0.39, 0.29) is 24.0 Å². The van der Waals surface area contributed by atoms with E-state index in [1.165, 1.54) is 17.8 Å². The first-order valence-electron chi connectivity index (χ1n) is 9.95. The van der Waals surface area contributed by atoms with E-state index < -0.39 is 6.61 Å². The topological polar surface area (TPSA) is 81.9 Å². The van der Waals surface area contributed by atoms with E-state index in [1.807, 2.05) is 47.0 Å². The highest BCUT2D eigenvalue weighted by molar-refractivity contribution is 7.99. The fourth-order valence-corrected chi connectivity index (χ4v) is 3.87. The Morgan fingerprint density at radius 3 is 2.58 bits per heavy atom. The van der Waals surface area contributed by atoms with Gasteiger partial charge in [-0.3, -0.25) is 14.3 Å². The molecule has 0 fully saturated rings. The van der Waals surface area contributed by atoms with Crippen LogP contribution in [-0.2, 0) is 11.3 Å². The average molecular weight is 468 g/mol. The molecular formula is C23H19F2N5O2S. The molecule has 4 rings (SSSR count). The minimum atomic E-state index is -2.93. The van der Waals surface area contributed by atoms with Crippen LogP contribution in [0.5, 0.6) is 5.75 Å². The molecule has 2 heterocycles. The monoisotopic (exact) mass is 467 g/mol. The molecule has 0 saturated carbocycles. The lowest BCUT2D eigenvalue weighted by Crippen LogP contribution is -2.25.